The smallest absolute Gasteiger partial charge is 0.303 e. The van der Waals surface area contributed by atoms with Crippen LogP contribution in [0.15, 0.2) is 43.0 Å². The summed E-state index contributed by atoms with van der Waals surface area (Å²) in [5.41, 5.74) is 0.936. The van der Waals surface area contributed by atoms with Crippen LogP contribution in [-0.4, -0.2) is 86.2 Å². The van der Waals surface area contributed by atoms with E-state index >= 15 is 0 Å². The second-order valence-corrected chi connectivity index (χ2v) is 10.6. The summed E-state index contributed by atoms with van der Waals surface area (Å²) >= 11 is 0. The van der Waals surface area contributed by atoms with Gasteiger partial charge in [-0.2, -0.15) is 0 Å². The van der Waals surface area contributed by atoms with E-state index in [1.165, 1.54) is 27.9 Å². The zero-order valence-electron chi connectivity index (χ0n) is 24.0. The maximum Gasteiger partial charge on any atom is 0.303 e. The first-order valence-corrected chi connectivity index (χ1v) is 13.9. The Morgan fingerprint density at radius 2 is 1.80 bits per heavy atom. The van der Waals surface area contributed by atoms with Gasteiger partial charge in [0.25, 0.3) is 0 Å². The van der Waals surface area contributed by atoms with Crippen LogP contribution in [0.25, 0.3) is 0 Å². The molecule has 4 unspecified atom stereocenters. The maximum atomic E-state index is 12.3. The van der Waals surface area contributed by atoms with Gasteiger partial charge in [0.05, 0.1) is 18.8 Å². The lowest BCUT2D eigenvalue weighted by atomic mass is 9.84. The van der Waals surface area contributed by atoms with Crippen molar-refractivity contribution in [1.82, 2.24) is 0 Å². The molecule has 3 heterocycles. The van der Waals surface area contributed by atoms with E-state index in [-0.39, 0.29) is 25.7 Å². The molecule has 3 fully saturated rings. The highest BCUT2D eigenvalue weighted by atomic mass is 16.8. The molecule has 0 aliphatic carbocycles. The fourth-order valence-electron chi connectivity index (χ4n) is 5.85. The van der Waals surface area contributed by atoms with E-state index in [1.807, 2.05) is 30.3 Å². The number of rotatable bonds is 12. The number of esters is 3. The van der Waals surface area contributed by atoms with Gasteiger partial charge in [-0.15, -0.1) is 6.58 Å². The molecule has 4 rings (SSSR count). The predicted molar refractivity (Wildman–Crippen MR) is 143 cm³/mol. The lowest BCUT2D eigenvalue weighted by molar-refractivity contribution is -0.382. The largest absolute Gasteiger partial charge is 0.462 e. The van der Waals surface area contributed by atoms with Gasteiger partial charge in [0.2, 0.25) is 0 Å². The second kappa shape index (κ2) is 13.9. The summed E-state index contributed by atoms with van der Waals surface area (Å²) in [6.45, 7) is 7.80. The topological polar surface area (TPSA) is 125 Å². The molecule has 3 saturated heterocycles. The minimum absolute atomic E-state index is 0.139. The van der Waals surface area contributed by atoms with E-state index in [1.54, 1.807) is 6.08 Å². The van der Waals surface area contributed by atoms with Gasteiger partial charge in [0.1, 0.15) is 31.0 Å². The Hall–Kier alpha value is -2.83. The summed E-state index contributed by atoms with van der Waals surface area (Å²) in [4.78, 5) is 35.7. The molecule has 226 valence electrons. The molecule has 3 aliphatic heterocycles. The number of ether oxygens (including phenoxy) is 8. The van der Waals surface area contributed by atoms with Gasteiger partial charge >= 0.3 is 17.9 Å². The van der Waals surface area contributed by atoms with E-state index in [4.69, 9.17) is 37.9 Å². The summed E-state index contributed by atoms with van der Waals surface area (Å²) in [7, 11) is 1.54. The highest BCUT2D eigenvalue weighted by molar-refractivity contribution is 5.67. The van der Waals surface area contributed by atoms with Crippen molar-refractivity contribution in [2.45, 2.75) is 108 Å². The van der Waals surface area contributed by atoms with E-state index < -0.39 is 66.4 Å². The Morgan fingerprint density at radius 1 is 1.05 bits per heavy atom. The maximum absolute atomic E-state index is 12.3. The summed E-state index contributed by atoms with van der Waals surface area (Å²) < 4.78 is 48.5. The lowest BCUT2D eigenvalue weighted by Crippen LogP contribution is -2.69. The quantitative estimate of drug-likeness (QED) is 0.207. The van der Waals surface area contributed by atoms with Crippen molar-refractivity contribution in [2.75, 3.05) is 13.7 Å². The minimum atomic E-state index is -1.21. The highest BCUT2D eigenvalue weighted by Crippen LogP contribution is 2.48. The molecule has 1 aromatic rings. The summed E-state index contributed by atoms with van der Waals surface area (Å²) in [6, 6.07) is 9.62. The average molecular weight is 577 g/mol. The third-order valence-electron chi connectivity index (χ3n) is 7.55. The first kappa shape index (κ1) is 31.1. The molecule has 1 aromatic carbocycles. The van der Waals surface area contributed by atoms with Gasteiger partial charge in [-0.3, -0.25) is 14.4 Å². The third kappa shape index (κ3) is 7.52. The molecule has 0 aromatic heterocycles. The molecule has 0 saturated carbocycles. The number of methoxy groups -OCH3 is 1. The van der Waals surface area contributed by atoms with Crippen molar-refractivity contribution >= 4 is 17.9 Å². The molecule has 11 heteroatoms. The predicted octanol–water partition coefficient (Wildman–Crippen LogP) is 3.02. The molecular weight excluding hydrogens is 536 g/mol. The lowest BCUT2D eigenvalue weighted by Gasteiger charge is -2.53. The van der Waals surface area contributed by atoms with Crippen LogP contribution in [0, 0.1) is 0 Å². The monoisotopic (exact) mass is 576 g/mol. The number of benzene rings is 1. The van der Waals surface area contributed by atoms with Crippen molar-refractivity contribution in [1.29, 1.82) is 0 Å². The van der Waals surface area contributed by atoms with Crippen LogP contribution >= 0.6 is 0 Å². The first-order chi connectivity index (χ1) is 19.7. The SMILES string of the molecule is C=CCC1CCC2(OC)O[C@@H]3[C@@H](OC(CC(COC(C)=O)OC(C)=O)[C@@H]3OCc3ccccc3)[C@H](OC(C)=O)[C@H]2O1. The van der Waals surface area contributed by atoms with Crippen LogP contribution in [0.4, 0.5) is 0 Å². The molecule has 9 atom stereocenters. The number of carbonyl (C=O) groups excluding carboxylic acids is 3. The zero-order valence-corrected chi connectivity index (χ0v) is 24.0. The Bertz CT molecular complexity index is 1060. The van der Waals surface area contributed by atoms with Crippen molar-refractivity contribution < 1.29 is 52.3 Å². The molecular formula is C30H40O11. The normalized spacial score (nSPS) is 33.1. The second-order valence-electron chi connectivity index (χ2n) is 10.6. The van der Waals surface area contributed by atoms with Crippen molar-refractivity contribution in [3.63, 3.8) is 0 Å². The van der Waals surface area contributed by atoms with Crippen molar-refractivity contribution in [3.05, 3.63) is 48.6 Å². The van der Waals surface area contributed by atoms with E-state index in [9.17, 15) is 14.4 Å². The van der Waals surface area contributed by atoms with Crippen LogP contribution in [0.5, 0.6) is 0 Å². The van der Waals surface area contributed by atoms with Crippen LogP contribution in [0.3, 0.4) is 0 Å². The Labute approximate surface area is 240 Å². The average Bonchev–Trinajstić information content (AvgIpc) is 3.27. The number of carbonyl (C=O) groups is 3. The first-order valence-electron chi connectivity index (χ1n) is 13.9. The van der Waals surface area contributed by atoms with E-state index in [0.29, 0.717) is 19.3 Å². The van der Waals surface area contributed by atoms with Crippen LogP contribution in [-0.2, 0) is 58.9 Å². The Balaban J connectivity index is 1.66. The van der Waals surface area contributed by atoms with Crippen LogP contribution in [0.2, 0.25) is 0 Å². The van der Waals surface area contributed by atoms with Gasteiger partial charge in [0.15, 0.2) is 18.0 Å². The molecule has 0 bridgehead atoms. The molecule has 41 heavy (non-hydrogen) atoms. The molecule has 0 radical (unpaired) electrons. The zero-order chi connectivity index (χ0) is 29.6. The van der Waals surface area contributed by atoms with Gasteiger partial charge in [-0.05, 0) is 18.4 Å². The Morgan fingerprint density at radius 3 is 2.44 bits per heavy atom. The van der Waals surface area contributed by atoms with Gasteiger partial charge in [-0.1, -0.05) is 36.4 Å². The standard InChI is InChI=1S/C30H40O11/c1-6-10-22-13-14-30(34-5)29(39-22)28(38-20(4)33)26-27(41-30)25(36-16-21-11-8-7-9-12-21)24(40-26)15-23(37-19(3)32)17-35-18(2)31/h6-9,11-12,22-29H,1,10,13-17H2,2-5H3/t22?,23?,24?,25-,26+,27-,28-,29+,30?/m0/s1. The highest BCUT2D eigenvalue weighted by Gasteiger charge is 2.65. The fourth-order valence-corrected chi connectivity index (χ4v) is 5.85. The minimum Gasteiger partial charge on any atom is -0.462 e. The van der Waals surface area contributed by atoms with Gasteiger partial charge < -0.3 is 37.9 Å². The molecule has 0 spiro atoms. The Kier molecular flexibility index (Phi) is 10.5. The van der Waals surface area contributed by atoms with Gasteiger partial charge in [0, 0.05) is 40.7 Å². The van der Waals surface area contributed by atoms with E-state index in [2.05, 4.69) is 6.58 Å². The van der Waals surface area contributed by atoms with Crippen LogP contribution in [0.1, 0.15) is 52.0 Å². The summed E-state index contributed by atoms with van der Waals surface area (Å²) in [5.74, 6) is -2.75. The van der Waals surface area contributed by atoms with Crippen molar-refractivity contribution in [3.8, 4) is 0 Å². The third-order valence-corrected chi connectivity index (χ3v) is 7.55. The molecule has 0 amide bonds. The number of hydrogen-bond acceptors (Lipinski definition) is 11. The number of fused-ring (bicyclic) bond motifs is 2. The fraction of sp³-hybridized carbons (Fsp3) is 0.633. The van der Waals surface area contributed by atoms with Crippen LogP contribution < -0.4 is 0 Å². The molecule has 0 N–H and O–H groups in total. The van der Waals surface area contributed by atoms with E-state index in [0.717, 1.165) is 5.56 Å². The summed E-state index contributed by atoms with van der Waals surface area (Å²) in [6.07, 6.45) is -1.75. The summed E-state index contributed by atoms with van der Waals surface area (Å²) in [5, 5.41) is 0. The van der Waals surface area contributed by atoms with Gasteiger partial charge in [-0.25, -0.2) is 0 Å². The molecule has 3 aliphatic rings. The number of hydrogen-bond donors (Lipinski definition) is 0. The molecule has 11 nitrogen and oxygen atoms in total. The van der Waals surface area contributed by atoms with Crippen molar-refractivity contribution in [2.24, 2.45) is 0 Å².